The van der Waals surface area contributed by atoms with Gasteiger partial charge in [0.1, 0.15) is 0 Å². The lowest BCUT2D eigenvalue weighted by atomic mass is 9.50. The Hall–Kier alpha value is -0.820. The van der Waals surface area contributed by atoms with E-state index in [1.807, 2.05) is 5.57 Å². The molecule has 0 radical (unpaired) electrons. The van der Waals surface area contributed by atoms with E-state index in [1.54, 1.807) is 0 Å². The SMILES string of the molecule is CC[C@H](/C=C/[C@@H](C)[C@H]1CC[C@H]2C3=CCC4=CC(O)CC[C@]4(C)[C@H]3CC[C@]12C)C(C)C. The van der Waals surface area contributed by atoms with Crippen LogP contribution >= 0.6 is 0 Å². The predicted molar refractivity (Wildman–Crippen MR) is 128 cm³/mol. The Morgan fingerprint density at radius 1 is 1.03 bits per heavy atom. The van der Waals surface area contributed by atoms with Crippen molar-refractivity contribution in [3.8, 4) is 0 Å². The Morgan fingerprint density at radius 2 is 1.80 bits per heavy atom. The van der Waals surface area contributed by atoms with Gasteiger partial charge in [-0.25, -0.2) is 0 Å². The molecule has 1 nitrogen and oxygen atoms in total. The van der Waals surface area contributed by atoms with Gasteiger partial charge in [-0.1, -0.05) is 77.0 Å². The number of rotatable bonds is 5. The molecule has 0 spiro atoms. The van der Waals surface area contributed by atoms with Gasteiger partial charge in [0.05, 0.1) is 6.10 Å². The number of fused-ring (bicyclic) bond motifs is 5. The molecule has 1 heteroatoms. The second-order valence-electron chi connectivity index (χ2n) is 12.0. The van der Waals surface area contributed by atoms with Gasteiger partial charge < -0.3 is 5.11 Å². The van der Waals surface area contributed by atoms with Crippen LogP contribution in [0, 0.1) is 46.3 Å². The summed E-state index contributed by atoms with van der Waals surface area (Å²) in [6, 6.07) is 0. The second-order valence-corrected chi connectivity index (χ2v) is 12.0. The van der Waals surface area contributed by atoms with Crippen molar-refractivity contribution in [3.63, 3.8) is 0 Å². The second kappa shape index (κ2) is 8.27. The van der Waals surface area contributed by atoms with E-state index < -0.39 is 0 Å². The van der Waals surface area contributed by atoms with Crippen LogP contribution in [0.25, 0.3) is 0 Å². The average molecular weight is 411 g/mol. The van der Waals surface area contributed by atoms with E-state index in [9.17, 15) is 5.11 Å². The van der Waals surface area contributed by atoms with Crippen molar-refractivity contribution in [3.05, 3.63) is 35.5 Å². The lowest BCUT2D eigenvalue weighted by Crippen LogP contribution is -2.46. The summed E-state index contributed by atoms with van der Waals surface area (Å²) in [5.74, 6) is 4.48. The summed E-state index contributed by atoms with van der Waals surface area (Å²) in [5, 5.41) is 10.2. The summed E-state index contributed by atoms with van der Waals surface area (Å²) in [6.07, 6.45) is 19.7. The van der Waals surface area contributed by atoms with E-state index in [0.717, 1.165) is 42.4 Å². The monoisotopic (exact) mass is 410 g/mol. The highest BCUT2D eigenvalue weighted by molar-refractivity contribution is 5.36. The molecule has 2 fully saturated rings. The highest BCUT2D eigenvalue weighted by Gasteiger charge is 2.56. The van der Waals surface area contributed by atoms with Crippen LogP contribution in [0.15, 0.2) is 35.5 Å². The summed E-state index contributed by atoms with van der Waals surface area (Å²) in [5.41, 5.74) is 4.12. The van der Waals surface area contributed by atoms with Gasteiger partial charge in [0.2, 0.25) is 0 Å². The molecule has 1 unspecified atom stereocenters. The van der Waals surface area contributed by atoms with Gasteiger partial charge in [-0.3, -0.25) is 0 Å². The van der Waals surface area contributed by atoms with Crippen LogP contribution in [0.1, 0.15) is 92.9 Å². The minimum Gasteiger partial charge on any atom is -0.389 e. The molecule has 0 aromatic heterocycles. The first-order chi connectivity index (χ1) is 14.2. The lowest BCUT2D eigenvalue weighted by molar-refractivity contribution is 0.0498. The summed E-state index contributed by atoms with van der Waals surface area (Å²) < 4.78 is 0. The van der Waals surface area contributed by atoms with Crippen LogP contribution in [0.4, 0.5) is 0 Å². The molecule has 0 saturated heterocycles. The van der Waals surface area contributed by atoms with Crippen molar-refractivity contribution in [1.29, 1.82) is 0 Å². The van der Waals surface area contributed by atoms with Crippen LogP contribution in [0.3, 0.4) is 0 Å². The van der Waals surface area contributed by atoms with Gasteiger partial charge in [-0.15, -0.1) is 0 Å². The first kappa shape index (κ1) is 22.4. The van der Waals surface area contributed by atoms with Crippen molar-refractivity contribution in [2.45, 2.75) is 99.0 Å². The summed E-state index contributed by atoms with van der Waals surface area (Å²) in [7, 11) is 0. The number of aliphatic hydroxyl groups excluding tert-OH is 1. The van der Waals surface area contributed by atoms with Gasteiger partial charge in [0, 0.05) is 0 Å². The molecule has 0 aromatic carbocycles. The Bertz CT molecular complexity index is 727. The molecule has 0 aliphatic heterocycles. The normalized spacial score (nSPS) is 42.9. The number of aliphatic hydroxyl groups is 1. The van der Waals surface area contributed by atoms with Gasteiger partial charge in [0.25, 0.3) is 0 Å². The molecule has 30 heavy (non-hydrogen) atoms. The summed E-state index contributed by atoms with van der Waals surface area (Å²) in [4.78, 5) is 0. The van der Waals surface area contributed by atoms with Crippen molar-refractivity contribution in [1.82, 2.24) is 0 Å². The third-order valence-electron chi connectivity index (χ3n) is 10.2. The van der Waals surface area contributed by atoms with Gasteiger partial charge in [-0.05, 0) is 97.7 Å². The van der Waals surface area contributed by atoms with Crippen LogP contribution in [-0.2, 0) is 0 Å². The van der Waals surface area contributed by atoms with Gasteiger partial charge in [0.15, 0.2) is 0 Å². The molecule has 2 saturated carbocycles. The van der Waals surface area contributed by atoms with Gasteiger partial charge in [-0.2, -0.15) is 0 Å². The number of hydrogen-bond donors (Lipinski definition) is 1. The lowest BCUT2D eigenvalue weighted by Gasteiger charge is -2.55. The molecular weight excluding hydrogens is 364 g/mol. The van der Waals surface area contributed by atoms with Crippen molar-refractivity contribution < 1.29 is 5.11 Å². The van der Waals surface area contributed by atoms with Crippen LogP contribution in [-0.4, -0.2) is 11.2 Å². The predicted octanol–water partition coefficient (Wildman–Crippen LogP) is 7.72. The summed E-state index contributed by atoms with van der Waals surface area (Å²) >= 11 is 0. The minimum atomic E-state index is -0.210. The van der Waals surface area contributed by atoms with Crippen molar-refractivity contribution >= 4 is 0 Å². The zero-order valence-electron chi connectivity index (χ0n) is 20.5. The van der Waals surface area contributed by atoms with E-state index in [-0.39, 0.29) is 6.10 Å². The first-order valence-corrected chi connectivity index (χ1v) is 13.0. The molecular formula is C29H46O. The molecule has 1 N–H and O–H groups in total. The fourth-order valence-corrected chi connectivity index (χ4v) is 8.19. The van der Waals surface area contributed by atoms with E-state index in [1.165, 1.54) is 44.1 Å². The molecule has 168 valence electrons. The fourth-order valence-electron chi connectivity index (χ4n) is 8.19. The van der Waals surface area contributed by atoms with E-state index in [4.69, 9.17) is 0 Å². The number of allylic oxidation sites excluding steroid dienone is 5. The number of hydrogen-bond acceptors (Lipinski definition) is 1. The molecule has 0 heterocycles. The van der Waals surface area contributed by atoms with Gasteiger partial charge >= 0.3 is 0 Å². The Kier molecular flexibility index (Phi) is 6.17. The smallest absolute Gasteiger partial charge is 0.0724 e. The topological polar surface area (TPSA) is 20.2 Å². The first-order valence-electron chi connectivity index (χ1n) is 13.0. The quantitative estimate of drug-likeness (QED) is 0.460. The minimum absolute atomic E-state index is 0.210. The third kappa shape index (κ3) is 3.58. The Balaban J connectivity index is 1.55. The molecule has 0 bridgehead atoms. The highest BCUT2D eigenvalue weighted by atomic mass is 16.3. The van der Waals surface area contributed by atoms with E-state index in [0.29, 0.717) is 16.7 Å². The molecule has 0 amide bonds. The highest BCUT2D eigenvalue weighted by Crippen LogP contribution is 2.66. The molecule has 4 aliphatic carbocycles. The van der Waals surface area contributed by atoms with Crippen molar-refractivity contribution in [2.75, 3.05) is 0 Å². The standard InChI is InChI=1S/C29H46O/c1-7-21(19(2)3)9-8-20(4)25-12-13-26-24-11-10-22-18-23(30)14-16-28(22,5)27(24)15-17-29(25,26)6/h8-9,11,18-21,23,25-27,30H,7,10,12-17H2,1-6H3/b9-8+/t20-,21-,23?,25-,26+,27+,28+,29-/m1/s1. The molecule has 8 atom stereocenters. The van der Waals surface area contributed by atoms with Crippen LogP contribution in [0.5, 0.6) is 0 Å². The van der Waals surface area contributed by atoms with E-state index >= 15 is 0 Å². The molecule has 4 rings (SSSR count). The fraction of sp³-hybridized carbons (Fsp3) is 0.793. The summed E-state index contributed by atoms with van der Waals surface area (Å²) in [6.45, 7) is 14.7. The van der Waals surface area contributed by atoms with Crippen LogP contribution in [0.2, 0.25) is 0 Å². The average Bonchev–Trinajstić information content (AvgIpc) is 3.06. The maximum absolute atomic E-state index is 10.2. The zero-order valence-corrected chi connectivity index (χ0v) is 20.5. The largest absolute Gasteiger partial charge is 0.389 e. The zero-order chi connectivity index (χ0) is 21.7. The Labute approximate surface area is 186 Å². The third-order valence-corrected chi connectivity index (χ3v) is 10.2. The van der Waals surface area contributed by atoms with E-state index in [2.05, 4.69) is 65.8 Å². The maximum atomic E-state index is 10.2. The molecule has 0 aromatic rings. The van der Waals surface area contributed by atoms with Crippen molar-refractivity contribution in [2.24, 2.45) is 46.3 Å². The molecule has 4 aliphatic rings. The van der Waals surface area contributed by atoms with Crippen LogP contribution < -0.4 is 0 Å². The Morgan fingerprint density at radius 3 is 2.50 bits per heavy atom. The maximum Gasteiger partial charge on any atom is 0.0724 e.